The lowest BCUT2D eigenvalue weighted by Gasteiger charge is -2.34. The maximum atomic E-state index is 14.3. The molecule has 0 aliphatic rings. The van der Waals surface area contributed by atoms with Crippen LogP contribution in [-0.4, -0.2) is 44.3 Å². The van der Waals surface area contributed by atoms with Crippen molar-refractivity contribution < 1.29 is 31.2 Å². The first-order valence-corrected chi connectivity index (χ1v) is 16.3. The number of carbonyl (C=O) groups is 2. The lowest BCUT2D eigenvalue weighted by Crippen LogP contribution is -2.53. The van der Waals surface area contributed by atoms with Crippen LogP contribution in [0.3, 0.4) is 0 Å². The van der Waals surface area contributed by atoms with Gasteiger partial charge in [0.15, 0.2) is 0 Å². The van der Waals surface area contributed by atoms with Gasteiger partial charge in [0.25, 0.3) is 10.0 Å². The second kappa shape index (κ2) is 15.0. The van der Waals surface area contributed by atoms with E-state index >= 15 is 0 Å². The van der Waals surface area contributed by atoms with Gasteiger partial charge in [0, 0.05) is 19.5 Å². The molecular weight excluding hydrogens is 662 g/mol. The number of hydrogen-bond donors (Lipinski definition) is 1. The first-order valence-electron chi connectivity index (χ1n) is 14.1. The minimum atomic E-state index is -4.78. The van der Waals surface area contributed by atoms with Crippen molar-refractivity contribution in [2.24, 2.45) is 0 Å². The zero-order chi connectivity index (χ0) is 33.5. The maximum absolute atomic E-state index is 14.3. The van der Waals surface area contributed by atoms with E-state index in [1.807, 2.05) is 0 Å². The number of amides is 2. The molecule has 4 aromatic carbocycles. The molecule has 13 heteroatoms. The van der Waals surface area contributed by atoms with Crippen LogP contribution in [0.2, 0.25) is 10.0 Å². The molecule has 4 aromatic rings. The number of hydrogen-bond acceptors (Lipinski definition) is 4. The van der Waals surface area contributed by atoms with Gasteiger partial charge >= 0.3 is 6.18 Å². The molecule has 0 spiro atoms. The van der Waals surface area contributed by atoms with Crippen LogP contribution in [0.4, 0.5) is 18.9 Å². The van der Waals surface area contributed by atoms with Gasteiger partial charge in [-0.15, -0.1) is 0 Å². The van der Waals surface area contributed by atoms with Gasteiger partial charge in [0.2, 0.25) is 11.8 Å². The van der Waals surface area contributed by atoms with Crippen LogP contribution in [0.5, 0.6) is 0 Å². The van der Waals surface area contributed by atoms with E-state index in [4.69, 9.17) is 23.2 Å². The molecule has 0 aromatic heterocycles. The number of nitrogens with one attached hydrogen (secondary N) is 1. The zero-order valence-electron chi connectivity index (χ0n) is 24.5. The molecule has 0 saturated carbocycles. The molecule has 1 N–H and O–H groups in total. The summed E-state index contributed by atoms with van der Waals surface area (Å²) in [5, 5.41) is 3.19. The van der Waals surface area contributed by atoms with E-state index < -0.39 is 46.2 Å². The minimum absolute atomic E-state index is 0.0642. The molecule has 0 radical (unpaired) electrons. The Morgan fingerprint density at radius 2 is 1.48 bits per heavy atom. The Hall–Kier alpha value is -4.06. The lowest BCUT2D eigenvalue weighted by molar-refractivity contribution is -0.140. The van der Waals surface area contributed by atoms with Gasteiger partial charge in [-0.1, -0.05) is 83.9 Å². The Morgan fingerprint density at radius 3 is 2.09 bits per heavy atom. The highest BCUT2D eigenvalue weighted by Crippen LogP contribution is 2.33. The van der Waals surface area contributed by atoms with Crippen molar-refractivity contribution in [1.29, 1.82) is 0 Å². The van der Waals surface area contributed by atoms with E-state index in [9.17, 15) is 31.2 Å². The van der Waals surface area contributed by atoms with Crippen molar-refractivity contribution in [3.8, 4) is 0 Å². The summed E-state index contributed by atoms with van der Waals surface area (Å²) in [7, 11) is -4.57. The molecule has 1 atom stereocenters. The third-order valence-corrected chi connectivity index (χ3v) is 9.56. The quantitative estimate of drug-likeness (QED) is 0.174. The third-order valence-electron chi connectivity index (χ3n) is 7.03. The largest absolute Gasteiger partial charge is 0.416 e. The third kappa shape index (κ3) is 8.60. The number of anilines is 1. The summed E-state index contributed by atoms with van der Waals surface area (Å²) in [6.45, 7) is 0.860. The van der Waals surface area contributed by atoms with Crippen molar-refractivity contribution in [3.63, 3.8) is 0 Å². The van der Waals surface area contributed by atoms with Crippen LogP contribution in [-0.2, 0) is 38.8 Å². The SMILES string of the molecule is CCNC(=O)C(Cc1ccccc1)N(Cc1ccc(Cl)c(Cl)c1)C(=O)CN(c1cccc(C(F)(F)F)c1)S(=O)(=O)c1ccccc1. The van der Waals surface area contributed by atoms with Gasteiger partial charge < -0.3 is 10.2 Å². The van der Waals surface area contributed by atoms with E-state index in [1.54, 1.807) is 49.4 Å². The van der Waals surface area contributed by atoms with Gasteiger partial charge in [-0.2, -0.15) is 13.2 Å². The standard InChI is InChI=1S/C33H30Cl2F3N3O4S/c1-2-39-32(43)30(19-23-10-5-3-6-11-23)40(21-24-16-17-28(34)29(35)18-24)31(42)22-41(46(44,45)27-14-7-4-8-15-27)26-13-9-12-25(20-26)33(36,37)38/h3-18,20,30H,2,19,21-22H2,1H3,(H,39,43). The number of carbonyl (C=O) groups excluding carboxylic acids is 2. The van der Waals surface area contributed by atoms with Crippen LogP contribution in [0.15, 0.2) is 108 Å². The summed E-state index contributed by atoms with van der Waals surface area (Å²) >= 11 is 12.3. The molecule has 46 heavy (non-hydrogen) atoms. The molecule has 1 unspecified atom stereocenters. The fourth-order valence-corrected chi connectivity index (χ4v) is 6.51. The first-order chi connectivity index (χ1) is 21.8. The van der Waals surface area contributed by atoms with Crippen LogP contribution < -0.4 is 9.62 Å². The number of halogens is 5. The summed E-state index contributed by atoms with van der Waals surface area (Å²) < 4.78 is 69.7. The molecule has 4 rings (SSSR count). The molecule has 0 fully saturated rings. The molecule has 2 amide bonds. The lowest BCUT2D eigenvalue weighted by atomic mass is 10.0. The number of benzene rings is 4. The van der Waals surface area contributed by atoms with E-state index in [0.717, 1.165) is 17.7 Å². The van der Waals surface area contributed by atoms with Gasteiger partial charge in [-0.05, 0) is 60.5 Å². The van der Waals surface area contributed by atoms with Crippen LogP contribution in [0.1, 0.15) is 23.6 Å². The highest BCUT2D eigenvalue weighted by molar-refractivity contribution is 7.92. The highest BCUT2D eigenvalue weighted by atomic mass is 35.5. The second-order valence-corrected chi connectivity index (χ2v) is 12.9. The van der Waals surface area contributed by atoms with Crippen molar-refractivity contribution in [3.05, 3.63) is 130 Å². The second-order valence-electron chi connectivity index (χ2n) is 10.2. The van der Waals surface area contributed by atoms with Crippen molar-refractivity contribution in [1.82, 2.24) is 10.2 Å². The Bertz CT molecular complexity index is 1780. The molecule has 0 heterocycles. The maximum Gasteiger partial charge on any atom is 0.416 e. The van der Waals surface area contributed by atoms with E-state index in [2.05, 4.69) is 5.32 Å². The minimum Gasteiger partial charge on any atom is -0.355 e. The zero-order valence-corrected chi connectivity index (χ0v) is 26.9. The molecule has 0 bridgehead atoms. The van der Waals surface area contributed by atoms with E-state index in [1.165, 1.54) is 47.4 Å². The Kier molecular flexibility index (Phi) is 11.4. The number of rotatable bonds is 12. The topological polar surface area (TPSA) is 86.8 Å². The summed E-state index contributed by atoms with van der Waals surface area (Å²) in [6.07, 6.45) is -4.71. The summed E-state index contributed by atoms with van der Waals surface area (Å²) in [5.74, 6) is -1.34. The summed E-state index contributed by atoms with van der Waals surface area (Å²) in [5.41, 5.74) is -0.263. The van der Waals surface area contributed by atoms with Crippen molar-refractivity contribution in [2.75, 3.05) is 17.4 Å². The predicted molar refractivity (Wildman–Crippen MR) is 172 cm³/mol. The molecule has 7 nitrogen and oxygen atoms in total. The number of alkyl halides is 3. The molecule has 242 valence electrons. The Morgan fingerprint density at radius 1 is 0.826 bits per heavy atom. The molecule has 0 aliphatic heterocycles. The fraction of sp³-hybridized carbons (Fsp3) is 0.212. The Balaban J connectivity index is 1.84. The van der Waals surface area contributed by atoms with Gasteiger partial charge in [-0.3, -0.25) is 13.9 Å². The first kappa shape index (κ1) is 34.8. The van der Waals surface area contributed by atoms with Crippen LogP contribution in [0.25, 0.3) is 0 Å². The van der Waals surface area contributed by atoms with E-state index in [-0.39, 0.29) is 40.1 Å². The molecule has 0 aliphatic carbocycles. The van der Waals surface area contributed by atoms with Crippen LogP contribution >= 0.6 is 23.2 Å². The summed E-state index contributed by atoms with van der Waals surface area (Å²) in [6, 6.07) is 23.2. The Labute approximate surface area is 275 Å². The van der Waals surface area contributed by atoms with Gasteiger partial charge in [-0.25, -0.2) is 8.42 Å². The predicted octanol–water partition coefficient (Wildman–Crippen LogP) is 6.98. The van der Waals surface area contributed by atoms with Crippen molar-refractivity contribution in [2.45, 2.75) is 37.0 Å². The number of nitrogens with zero attached hydrogens (tertiary/aromatic N) is 2. The average Bonchev–Trinajstić information content (AvgIpc) is 3.03. The monoisotopic (exact) mass is 691 g/mol. The van der Waals surface area contributed by atoms with Crippen LogP contribution in [0, 0.1) is 0 Å². The van der Waals surface area contributed by atoms with Gasteiger partial charge in [0.05, 0.1) is 26.2 Å². The fourth-order valence-electron chi connectivity index (χ4n) is 4.77. The number of likely N-dealkylation sites (N-methyl/N-ethyl adjacent to an activating group) is 1. The van der Waals surface area contributed by atoms with Crippen molar-refractivity contribution >= 4 is 50.7 Å². The highest BCUT2D eigenvalue weighted by Gasteiger charge is 2.36. The summed E-state index contributed by atoms with van der Waals surface area (Å²) in [4.78, 5) is 28.8. The average molecular weight is 693 g/mol. The normalized spacial score (nSPS) is 12.3. The smallest absolute Gasteiger partial charge is 0.355 e. The van der Waals surface area contributed by atoms with E-state index in [0.29, 0.717) is 15.9 Å². The molecular formula is C33H30Cl2F3N3O4S. The number of sulfonamides is 1. The van der Waals surface area contributed by atoms with Gasteiger partial charge in [0.1, 0.15) is 12.6 Å². The molecule has 0 saturated heterocycles.